The average molecular weight is 359 g/mol. The number of nitrogens with one attached hydrogen (secondary N) is 1. The molecule has 1 aromatic heterocycles. The molecular formula is C18H23BFN3O3. The number of halogens is 1. The lowest BCUT2D eigenvalue weighted by Gasteiger charge is -2.32. The van der Waals surface area contributed by atoms with E-state index in [-0.39, 0.29) is 5.69 Å². The maximum absolute atomic E-state index is 14.6. The number of hydrogen-bond acceptors (Lipinski definition) is 4. The highest BCUT2D eigenvalue weighted by Gasteiger charge is 2.52. The molecule has 2 aromatic rings. The number of nitrogens with zero attached hydrogens (tertiary/aromatic N) is 2. The topological polar surface area (TPSA) is 65.4 Å². The molecule has 138 valence electrons. The van der Waals surface area contributed by atoms with Crippen LogP contribution in [0.25, 0.3) is 0 Å². The minimum atomic E-state index is -0.656. The third kappa shape index (κ3) is 3.15. The molecule has 6 nitrogen and oxygen atoms in total. The summed E-state index contributed by atoms with van der Waals surface area (Å²) in [7, 11) is 0.995. The normalized spacial score (nSPS) is 18.2. The van der Waals surface area contributed by atoms with Crippen LogP contribution in [0, 0.1) is 12.7 Å². The van der Waals surface area contributed by atoms with Crippen molar-refractivity contribution in [1.29, 1.82) is 0 Å². The molecule has 1 saturated heterocycles. The highest BCUT2D eigenvalue weighted by atomic mass is 19.1. The summed E-state index contributed by atoms with van der Waals surface area (Å²) in [6.45, 7) is 9.62. The monoisotopic (exact) mass is 359 g/mol. The molecular weight excluding hydrogens is 336 g/mol. The molecule has 3 rings (SSSR count). The van der Waals surface area contributed by atoms with Gasteiger partial charge >= 0.3 is 7.12 Å². The van der Waals surface area contributed by atoms with Crippen LogP contribution in [0.15, 0.2) is 24.4 Å². The molecule has 0 atom stereocenters. The van der Waals surface area contributed by atoms with E-state index in [1.165, 1.54) is 16.9 Å². The van der Waals surface area contributed by atoms with Crippen LogP contribution in [-0.4, -0.2) is 34.0 Å². The maximum Gasteiger partial charge on any atom is 0.495 e. The standard InChI is InChI=1S/C18H23BFN3O3/c1-11-9-14(22-16(24)15-7-8-21-23(15)6)13(20)10-12(11)19-25-17(2,3)18(4,5)26-19/h7-10H,1-6H3,(H,22,24). The van der Waals surface area contributed by atoms with E-state index in [0.29, 0.717) is 11.2 Å². The molecule has 1 N–H and O–H groups in total. The zero-order valence-corrected chi connectivity index (χ0v) is 15.9. The Morgan fingerprint density at radius 2 is 1.85 bits per heavy atom. The van der Waals surface area contributed by atoms with Crippen LogP contribution in [0.5, 0.6) is 0 Å². The van der Waals surface area contributed by atoms with Crippen molar-refractivity contribution in [2.24, 2.45) is 7.05 Å². The van der Waals surface area contributed by atoms with E-state index in [2.05, 4.69) is 10.4 Å². The van der Waals surface area contributed by atoms with E-state index in [4.69, 9.17) is 9.31 Å². The highest BCUT2D eigenvalue weighted by molar-refractivity contribution is 6.62. The number of hydrogen-bond donors (Lipinski definition) is 1. The van der Waals surface area contributed by atoms with Crippen molar-refractivity contribution in [3.8, 4) is 0 Å². The zero-order valence-electron chi connectivity index (χ0n) is 15.9. The van der Waals surface area contributed by atoms with Gasteiger partial charge in [-0.2, -0.15) is 5.10 Å². The van der Waals surface area contributed by atoms with Gasteiger partial charge in [0.1, 0.15) is 11.5 Å². The molecule has 0 spiro atoms. The van der Waals surface area contributed by atoms with Gasteiger partial charge in [-0.3, -0.25) is 9.48 Å². The van der Waals surface area contributed by atoms with Crippen LogP contribution in [0.4, 0.5) is 10.1 Å². The molecule has 0 bridgehead atoms. The fourth-order valence-electron chi connectivity index (χ4n) is 2.80. The second-order valence-corrected chi connectivity index (χ2v) is 7.57. The Bertz CT molecular complexity index is 847. The third-order valence-electron chi connectivity index (χ3n) is 5.16. The molecule has 0 aliphatic carbocycles. The van der Waals surface area contributed by atoms with Gasteiger partial charge < -0.3 is 14.6 Å². The Kier molecular flexibility index (Phi) is 4.44. The molecule has 1 aliphatic rings. The summed E-state index contributed by atoms with van der Waals surface area (Å²) in [4.78, 5) is 12.3. The molecule has 1 aromatic carbocycles. The first-order valence-electron chi connectivity index (χ1n) is 8.47. The van der Waals surface area contributed by atoms with Crippen LogP contribution in [-0.2, 0) is 16.4 Å². The Morgan fingerprint density at radius 1 is 1.23 bits per heavy atom. The first-order valence-corrected chi connectivity index (χ1v) is 8.47. The second-order valence-electron chi connectivity index (χ2n) is 7.57. The fourth-order valence-corrected chi connectivity index (χ4v) is 2.80. The summed E-state index contributed by atoms with van der Waals surface area (Å²) < 4.78 is 28.0. The fraction of sp³-hybridized carbons (Fsp3) is 0.444. The number of carbonyl (C=O) groups is 1. The molecule has 0 saturated carbocycles. The quantitative estimate of drug-likeness (QED) is 0.855. The van der Waals surface area contributed by atoms with Gasteiger partial charge in [-0.1, -0.05) is 0 Å². The van der Waals surface area contributed by atoms with E-state index < -0.39 is 30.0 Å². The summed E-state index contributed by atoms with van der Waals surface area (Å²) >= 11 is 0. The number of rotatable bonds is 3. The van der Waals surface area contributed by atoms with Gasteiger partial charge in [0.05, 0.1) is 16.9 Å². The molecule has 0 radical (unpaired) electrons. The Hall–Kier alpha value is -2.19. The summed E-state index contributed by atoms with van der Waals surface area (Å²) in [5.41, 5.74) is 0.816. The molecule has 1 aliphatic heterocycles. The Labute approximate surface area is 152 Å². The summed E-state index contributed by atoms with van der Waals surface area (Å²) in [6, 6.07) is 4.51. The van der Waals surface area contributed by atoms with Crippen molar-refractivity contribution in [3.05, 3.63) is 41.5 Å². The molecule has 1 amide bonds. The van der Waals surface area contributed by atoms with Crippen LogP contribution in [0.3, 0.4) is 0 Å². The molecule has 8 heteroatoms. The number of aryl methyl sites for hydroxylation is 2. The Balaban J connectivity index is 1.86. The highest BCUT2D eigenvalue weighted by Crippen LogP contribution is 2.37. The van der Waals surface area contributed by atoms with Crippen molar-refractivity contribution in [2.75, 3.05) is 5.32 Å². The predicted octanol–water partition coefficient (Wildman–Crippen LogP) is 2.42. The molecule has 26 heavy (non-hydrogen) atoms. The smallest absolute Gasteiger partial charge is 0.399 e. The van der Waals surface area contributed by atoms with Crippen molar-refractivity contribution >= 4 is 24.2 Å². The van der Waals surface area contributed by atoms with Gasteiger partial charge in [-0.05, 0) is 63.8 Å². The number of aromatic nitrogens is 2. The van der Waals surface area contributed by atoms with Gasteiger partial charge in [-0.15, -0.1) is 0 Å². The first-order chi connectivity index (χ1) is 12.0. The van der Waals surface area contributed by atoms with E-state index in [9.17, 15) is 9.18 Å². The number of amides is 1. The van der Waals surface area contributed by atoms with Gasteiger partial charge in [0.2, 0.25) is 0 Å². The zero-order chi connectivity index (χ0) is 19.3. The predicted molar refractivity (Wildman–Crippen MR) is 98.0 cm³/mol. The second kappa shape index (κ2) is 6.21. The number of carbonyl (C=O) groups excluding carboxylic acids is 1. The minimum absolute atomic E-state index is 0.106. The molecule has 2 heterocycles. The average Bonchev–Trinajstić information content (AvgIpc) is 3.03. The van der Waals surface area contributed by atoms with Gasteiger partial charge in [-0.25, -0.2) is 4.39 Å². The van der Waals surface area contributed by atoms with Gasteiger partial charge in [0.25, 0.3) is 5.91 Å². The molecule has 1 fully saturated rings. The van der Waals surface area contributed by atoms with Crippen LogP contribution in [0.2, 0.25) is 0 Å². The van der Waals surface area contributed by atoms with Crippen LogP contribution < -0.4 is 10.8 Å². The number of benzene rings is 1. The third-order valence-corrected chi connectivity index (χ3v) is 5.16. The van der Waals surface area contributed by atoms with Crippen molar-refractivity contribution < 1.29 is 18.5 Å². The van der Waals surface area contributed by atoms with Crippen LogP contribution >= 0.6 is 0 Å². The van der Waals surface area contributed by atoms with Crippen molar-refractivity contribution in [2.45, 2.75) is 45.8 Å². The minimum Gasteiger partial charge on any atom is -0.399 e. The first kappa shape index (κ1) is 18.6. The lowest BCUT2D eigenvalue weighted by Crippen LogP contribution is -2.41. The van der Waals surface area contributed by atoms with Gasteiger partial charge in [0.15, 0.2) is 0 Å². The summed E-state index contributed by atoms with van der Waals surface area (Å²) in [5, 5.41) is 6.53. The van der Waals surface area contributed by atoms with Crippen molar-refractivity contribution in [1.82, 2.24) is 9.78 Å². The van der Waals surface area contributed by atoms with Crippen molar-refractivity contribution in [3.63, 3.8) is 0 Å². The maximum atomic E-state index is 14.6. The van der Waals surface area contributed by atoms with E-state index in [1.54, 1.807) is 19.2 Å². The summed E-state index contributed by atoms with van der Waals surface area (Å²) in [6.07, 6.45) is 1.51. The van der Waals surface area contributed by atoms with Crippen LogP contribution in [0.1, 0.15) is 43.7 Å². The number of anilines is 1. The molecule has 0 unspecified atom stereocenters. The lowest BCUT2D eigenvalue weighted by molar-refractivity contribution is 0.00578. The van der Waals surface area contributed by atoms with Gasteiger partial charge in [0, 0.05) is 13.2 Å². The Morgan fingerprint density at radius 3 is 2.38 bits per heavy atom. The van der Waals surface area contributed by atoms with E-state index in [1.807, 2.05) is 34.6 Å². The summed E-state index contributed by atoms with van der Waals surface area (Å²) in [5.74, 6) is -0.970. The SMILES string of the molecule is Cc1cc(NC(=O)c2ccnn2C)c(F)cc1B1OC(C)(C)C(C)(C)O1. The van der Waals surface area contributed by atoms with E-state index >= 15 is 0 Å². The largest absolute Gasteiger partial charge is 0.495 e. The lowest BCUT2D eigenvalue weighted by atomic mass is 9.76. The van der Waals surface area contributed by atoms with E-state index in [0.717, 1.165) is 5.56 Å².